The molecule has 98 valence electrons. The highest BCUT2D eigenvalue weighted by molar-refractivity contribution is 6.88. The monoisotopic (exact) mass is 264 g/mol. The maximum atomic E-state index is 8.49. The lowest BCUT2D eigenvalue weighted by molar-refractivity contribution is 0.749. The number of rotatable bonds is 2. The van der Waals surface area contributed by atoms with E-state index in [1.54, 1.807) is 20.8 Å². The molecule has 2 aromatic rings. The van der Waals surface area contributed by atoms with Crippen LogP contribution in [0, 0.1) is 13.7 Å². The molecule has 0 saturated heterocycles. The minimum absolute atomic E-state index is 0.413. The summed E-state index contributed by atoms with van der Waals surface area (Å²) in [6, 6.07) is -6.02. The highest BCUT2D eigenvalue weighted by atomic mass is 14.1. The van der Waals surface area contributed by atoms with Gasteiger partial charge in [-0.15, -0.1) is 0 Å². The Balaban J connectivity index is 3.30. The Hall–Kier alpha value is -1.50. The fourth-order valence-electron chi connectivity index (χ4n) is 2.09. The van der Waals surface area contributed by atoms with E-state index in [4.69, 9.17) is 19.2 Å². The van der Waals surface area contributed by atoms with Gasteiger partial charge in [0.1, 0.15) is 0 Å². The van der Waals surface area contributed by atoms with Crippen LogP contribution in [0.4, 0.5) is 0 Å². The first-order chi connectivity index (χ1) is 14.7. The minimum atomic E-state index is -3.01. The SMILES string of the molecule is [2H]c1c([2H])c([2H])c(C([2H])([2H])[2H])c(B(c2c([2H])c([2H])c([2H])c([2H])c2C([2H])([2H])[2H])C(C)(C)C)c1[2H]. The summed E-state index contributed by atoms with van der Waals surface area (Å²) in [4.78, 5) is 0. The molecule has 0 nitrogen and oxygen atoms in total. The second-order valence-corrected chi connectivity index (χ2v) is 5.38. The highest BCUT2D eigenvalue weighted by Crippen LogP contribution is 2.27. The fraction of sp³-hybridized carbons (Fsp3) is 0.333. The van der Waals surface area contributed by atoms with Gasteiger partial charge in [-0.1, -0.05) is 96.5 Å². The van der Waals surface area contributed by atoms with Gasteiger partial charge in [0.05, 0.1) is 11.0 Å². The molecule has 0 amide bonds. The topological polar surface area (TPSA) is 0 Å². The van der Waals surface area contributed by atoms with Crippen molar-refractivity contribution in [1.29, 1.82) is 0 Å². The molecule has 0 heterocycles. The van der Waals surface area contributed by atoms with Gasteiger partial charge >= 0.3 is 0 Å². The Bertz CT molecular complexity index is 1030. The van der Waals surface area contributed by atoms with Crippen molar-refractivity contribution in [3.63, 3.8) is 0 Å². The van der Waals surface area contributed by atoms with E-state index in [0.29, 0.717) is 0 Å². The second kappa shape index (κ2) is 5.24. The van der Waals surface area contributed by atoms with Crippen LogP contribution in [0.1, 0.15) is 51.1 Å². The van der Waals surface area contributed by atoms with Crippen LogP contribution in [0.25, 0.3) is 0 Å². The summed E-state index contributed by atoms with van der Waals surface area (Å²) in [7, 11) is 0. The van der Waals surface area contributed by atoms with E-state index in [9.17, 15) is 0 Å². The molecular weight excluding hydrogens is 227 g/mol. The van der Waals surface area contributed by atoms with Crippen LogP contribution in [0.5, 0.6) is 0 Å². The van der Waals surface area contributed by atoms with E-state index in [1.807, 2.05) is 0 Å². The molecule has 0 bridgehead atoms. The lowest BCUT2D eigenvalue weighted by Gasteiger charge is -2.30. The van der Waals surface area contributed by atoms with Crippen LogP contribution in [-0.4, -0.2) is 6.71 Å². The molecule has 0 saturated carbocycles. The number of hydrogen-bond acceptors (Lipinski definition) is 0. The average Bonchev–Trinajstić information content (AvgIpc) is 2.63. The van der Waals surface area contributed by atoms with Crippen LogP contribution in [0.15, 0.2) is 48.3 Å². The van der Waals surface area contributed by atoms with Gasteiger partial charge in [0.15, 0.2) is 0 Å². The summed E-state index contributed by atoms with van der Waals surface area (Å²) in [6.45, 7) is -2.71. The molecule has 1 heteroatoms. The van der Waals surface area contributed by atoms with E-state index in [2.05, 4.69) is 0 Å². The lowest BCUT2D eigenvalue weighted by atomic mass is 9.27. The zero-order chi connectivity index (χ0) is 26.0. The van der Waals surface area contributed by atoms with Crippen molar-refractivity contribution in [2.24, 2.45) is 0 Å². The molecule has 2 aromatic carbocycles. The van der Waals surface area contributed by atoms with Crippen molar-refractivity contribution >= 4 is 17.6 Å². The zero-order valence-corrected chi connectivity index (χ0v) is 11.1. The summed E-state index contributed by atoms with van der Waals surface area (Å²) in [6.07, 6.45) is 0. The van der Waals surface area contributed by atoms with Gasteiger partial charge in [-0.05, 0) is 13.7 Å². The average molecular weight is 264 g/mol. The van der Waals surface area contributed by atoms with Crippen LogP contribution < -0.4 is 10.9 Å². The molecule has 0 radical (unpaired) electrons. The van der Waals surface area contributed by atoms with Crippen LogP contribution in [0.3, 0.4) is 0 Å². The molecule has 0 unspecified atom stereocenters. The minimum Gasteiger partial charge on any atom is -0.0707 e. The second-order valence-electron chi connectivity index (χ2n) is 5.38. The van der Waals surface area contributed by atoms with Gasteiger partial charge in [0.2, 0.25) is 6.71 Å². The van der Waals surface area contributed by atoms with Crippen molar-refractivity contribution in [3.05, 3.63) is 59.5 Å². The fourth-order valence-corrected chi connectivity index (χ4v) is 2.09. The molecule has 0 aliphatic rings. The molecular formula is C18H23B. The molecule has 0 aliphatic heterocycles. The molecule has 0 N–H and O–H groups in total. The van der Waals surface area contributed by atoms with Gasteiger partial charge in [0.25, 0.3) is 0 Å². The third kappa shape index (κ3) is 2.92. The third-order valence-corrected chi connectivity index (χ3v) is 2.88. The number of benzene rings is 2. The van der Waals surface area contributed by atoms with Gasteiger partial charge in [-0.3, -0.25) is 0 Å². The molecule has 0 aliphatic carbocycles. The molecule has 2 rings (SSSR count). The van der Waals surface area contributed by atoms with Crippen molar-refractivity contribution in [2.75, 3.05) is 0 Å². The predicted octanol–water partition coefficient (Wildman–Crippen LogP) is 3.71. The first-order valence-corrected chi connectivity index (χ1v) is 5.87. The largest absolute Gasteiger partial charge is 0.215 e. The smallest absolute Gasteiger partial charge is 0.0707 e. The molecule has 0 atom stereocenters. The van der Waals surface area contributed by atoms with Crippen molar-refractivity contribution in [2.45, 2.75) is 39.8 Å². The quantitative estimate of drug-likeness (QED) is 0.725. The van der Waals surface area contributed by atoms with Crippen LogP contribution >= 0.6 is 0 Å². The van der Waals surface area contributed by atoms with Crippen LogP contribution in [-0.2, 0) is 0 Å². The van der Waals surface area contributed by atoms with Crippen molar-refractivity contribution in [1.82, 2.24) is 0 Å². The molecule has 0 spiro atoms. The zero-order valence-electron chi connectivity index (χ0n) is 25.1. The summed E-state index contributed by atoms with van der Waals surface area (Å²) < 4.78 is 113. The van der Waals surface area contributed by atoms with E-state index in [1.165, 1.54) is 0 Å². The molecule has 19 heavy (non-hydrogen) atoms. The number of hydrogen-bond donors (Lipinski definition) is 0. The van der Waals surface area contributed by atoms with Gasteiger partial charge in [0, 0.05) is 8.22 Å². The third-order valence-electron chi connectivity index (χ3n) is 2.88. The van der Waals surface area contributed by atoms with E-state index in [0.717, 1.165) is 0 Å². The first kappa shape index (κ1) is 4.51. The van der Waals surface area contributed by atoms with Gasteiger partial charge in [-0.2, -0.15) is 0 Å². The van der Waals surface area contributed by atoms with E-state index in [-0.39, 0.29) is 0 Å². The maximum absolute atomic E-state index is 8.49. The Morgan fingerprint density at radius 1 is 0.842 bits per heavy atom. The Morgan fingerprint density at radius 3 is 1.63 bits per heavy atom. The van der Waals surface area contributed by atoms with Gasteiger partial charge in [-0.25, -0.2) is 0 Å². The first-order valence-electron chi connectivity index (χ1n) is 12.9. The van der Waals surface area contributed by atoms with Gasteiger partial charge < -0.3 is 0 Å². The summed E-state index contributed by atoms with van der Waals surface area (Å²) in [5.74, 6) is 0. The van der Waals surface area contributed by atoms with Crippen LogP contribution in [0.2, 0.25) is 5.31 Å². The standard InChI is InChI=1S/C18H23B/c1-14-10-6-8-12-16(14)19(18(3,4)5)17-13-9-7-11-15(17)2/h6-13H,1-5H3/i1D3,2D3,6D,7D,8D,9D,10D,11D,12D,13D. The molecule has 0 aromatic heterocycles. The highest BCUT2D eigenvalue weighted by Gasteiger charge is 2.33. The maximum Gasteiger partial charge on any atom is 0.215 e. The Morgan fingerprint density at radius 2 is 1.26 bits per heavy atom. The Labute approximate surface area is 137 Å². The Kier molecular flexibility index (Phi) is 1.25. The van der Waals surface area contributed by atoms with E-state index < -0.39 is 96.1 Å². The summed E-state index contributed by atoms with van der Waals surface area (Å²) in [5, 5.41) is -1.11. The summed E-state index contributed by atoms with van der Waals surface area (Å²) in [5.41, 5.74) is -2.25. The van der Waals surface area contributed by atoms with Crippen molar-refractivity contribution in [3.8, 4) is 0 Å². The summed E-state index contributed by atoms with van der Waals surface area (Å²) >= 11 is 0. The normalized spacial score (nSPS) is 23.3. The van der Waals surface area contributed by atoms with E-state index >= 15 is 0 Å². The lowest BCUT2D eigenvalue weighted by Crippen LogP contribution is -2.50. The van der Waals surface area contributed by atoms with Crippen molar-refractivity contribution < 1.29 is 19.2 Å². The molecule has 0 fully saturated rings. The predicted molar refractivity (Wildman–Crippen MR) is 87.1 cm³/mol.